The molecular formula is C22H26Cl2N2O2S. The van der Waals surface area contributed by atoms with Crippen LogP contribution in [-0.4, -0.2) is 35.1 Å². The number of nitrogens with zero attached hydrogens (tertiary/aromatic N) is 1. The number of benzene rings is 2. The van der Waals surface area contributed by atoms with Gasteiger partial charge in [0, 0.05) is 28.9 Å². The monoisotopic (exact) mass is 452 g/mol. The van der Waals surface area contributed by atoms with Crippen LogP contribution in [0.15, 0.2) is 42.5 Å². The maximum atomic E-state index is 13.0. The minimum absolute atomic E-state index is 0.0987. The fraction of sp³-hybridized carbons (Fsp3) is 0.364. The Bertz CT molecular complexity index is 840. The van der Waals surface area contributed by atoms with Crippen LogP contribution in [0.3, 0.4) is 0 Å². The Hall–Kier alpha value is -1.69. The van der Waals surface area contributed by atoms with Crippen molar-refractivity contribution >= 4 is 46.8 Å². The minimum Gasteiger partial charge on any atom is -0.355 e. The molecule has 0 unspecified atom stereocenters. The van der Waals surface area contributed by atoms with Gasteiger partial charge in [-0.2, -0.15) is 0 Å². The molecule has 0 heterocycles. The molecule has 2 amide bonds. The van der Waals surface area contributed by atoms with E-state index in [4.69, 9.17) is 23.2 Å². The molecule has 0 aliphatic carbocycles. The van der Waals surface area contributed by atoms with Crippen LogP contribution in [0.2, 0.25) is 10.0 Å². The summed E-state index contributed by atoms with van der Waals surface area (Å²) in [5.41, 5.74) is 2.92. The van der Waals surface area contributed by atoms with Crippen LogP contribution in [0.25, 0.3) is 0 Å². The van der Waals surface area contributed by atoms with E-state index in [1.807, 2.05) is 38.1 Å². The average molecular weight is 453 g/mol. The van der Waals surface area contributed by atoms with Gasteiger partial charge in [-0.05, 0) is 44.0 Å². The highest BCUT2D eigenvalue weighted by atomic mass is 35.5. The first-order valence-corrected chi connectivity index (χ1v) is 11.4. The van der Waals surface area contributed by atoms with E-state index in [-0.39, 0.29) is 17.6 Å². The fourth-order valence-corrected chi connectivity index (χ4v) is 4.55. The number of carbonyl (C=O) groups is 2. The Balaban J connectivity index is 2.10. The zero-order valence-corrected chi connectivity index (χ0v) is 19.2. The second-order valence-corrected chi connectivity index (χ2v) is 8.57. The molecule has 4 nitrogen and oxygen atoms in total. The number of hydrogen-bond acceptors (Lipinski definition) is 3. The number of nitrogens with one attached hydrogen (secondary N) is 1. The number of thioether (sulfide) groups is 1. The van der Waals surface area contributed by atoms with Crippen molar-refractivity contribution in [3.8, 4) is 0 Å². The van der Waals surface area contributed by atoms with Gasteiger partial charge in [0.2, 0.25) is 11.8 Å². The highest BCUT2D eigenvalue weighted by Crippen LogP contribution is 2.28. The lowest BCUT2D eigenvalue weighted by Gasteiger charge is -2.28. The highest BCUT2D eigenvalue weighted by Gasteiger charge is 2.25. The molecule has 0 radical (unpaired) electrons. The van der Waals surface area contributed by atoms with Crippen LogP contribution in [0.4, 0.5) is 0 Å². The summed E-state index contributed by atoms with van der Waals surface area (Å²) >= 11 is 13.9. The maximum Gasteiger partial charge on any atom is 0.242 e. The summed E-state index contributed by atoms with van der Waals surface area (Å²) in [6.07, 6.45) is 0. The van der Waals surface area contributed by atoms with Crippen molar-refractivity contribution < 1.29 is 9.59 Å². The topological polar surface area (TPSA) is 49.4 Å². The second-order valence-electron chi connectivity index (χ2n) is 6.77. The Morgan fingerprint density at radius 2 is 1.79 bits per heavy atom. The number of aryl methyl sites for hydroxylation is 1. The molecule has 29 heavy (non-hydrogen) atoms. The number of hydrogen-bond donors (Lipinski definition) is 1. The Morgan fingerprint density at radius 3 is 2.41 bits per heavy atom. The molecule has 0 aromatic heterocycles. The Labute approximate surface area is 187 Å². The first kappa shape index (κ1) is 23.6. The van der Waals surface area contributed by atoms with Gasteiger partial charge in [-0.15, -0.1) is 11.8 Å². The zero-order chi connectivity index (χ0) is 21.4. The SMILES string of the molecule is CCNC(=O)[C@H](C)N(Cc1cccc(C)c1)C(=O)CSCc1c(Cl)cccc1Cl. The van der Waals surface area contributed by atoms with Crippen LogP contribution in [0.5, 0.6) is 0 Å². The second kappa shape index (κ2) is 11.5. The van der Waals surface area contributed by atoms with E-state index in [0.29, 0.717) is 28.9 Å². The molecule has 0 aliphatic rings. The van der Waals surface area contributed by atoms with Gasteiger partial charge in [0.25, 0.3) is 0 Å². The van der Waals surface area contributed by atoms with Crippen LogP contribution in [0, 0.1) is 6.92 Å². The summed E-state index contributed by atoms with van der Waals surface area (Å²) in [7, 11) is 0. The normalized spacial score (nSPS) is 11.8. The molecule has 0 spiro atoms. The van der Waals surface area contributed by atoms with Crippen molar-refractivity contribution in [2.45, 2.75) is 39.1 Å². The highest BCUT2D eigenvalue weighted by molar-refractivity contribution is 7.99. The predicted octanol–water partition coefficient (Wildman–Crippen LogP) is 5.09. The third-order valence-corrected chi connectivity index (χ3v) is 6.14. The van der Waals surface area contributed by atoms with Gasteiger partial charge >= 0.3 is 0 Å². The first-order chi connectivity index (χ1) is 13.8. The lowest BCUT2D eigenvalue weighted by Crippen LogP contribution is -2.48. The lowest BCUT2D eigenvalue weighted by atomic mass is 10.1. The summed E-state index contributed by atoms with van der Waals surface area (Å²) in [5, 5.41) is 3.98. The van der Waals surface area contributed by atoms with Crippen LogP contribution in [-0.2, 0) is 21.9 Å². The summed E-state index contributed by atoms with van der Waals surface area (Å²) in [4.78, 5) is 27.0. The molecule has 2 aromatic carbocycles. The van der Waals surface area contributed by atoms with Gasteiger partial charge in [0.05, 0.1) is 5.75 Å². The maximum absolute atomic E-state index is 13.0. The molecule has 7 heteroatoms. The fourth-order valence-electron chi connectivity index (χ4n) is 2.91. The smallest absolute Gasteiger partial charge is 0.242 e. The van der Waals surface area contributed by atoms with Gasteiger partial charge in [-0.1, -0.05) is 59.1 Å². The van der Waals surface area contributed by atoms with Crippen LogP contribution >= 0.6 is 35.0 Å². The summed E-state index contributed by atoms with van der Waals surface area (Å²) in [6, 6.07) is 12.8. The average Bonchev–Trinajstić information content (AvgIpc) is 2.68. The third kappa shape index (κ3) is 6.95. The van der Waals surface area contributed by atoms with E-state index in [0.717, 1.165) is 16.7 Å². The third-order valence-electron chi connectivity index (χ3n) is 4.49. The lowest BCUT2D eigenvalue weighted by molar-refractivity contribution is -0.138. The van der Waals surface area contributed by atoms with Gasteiger partial charge in [0.15, 0.2) is 0 Å². The molecule has 0 saturated heterocycles. The standard InChI is InChI=1S/C22H26Cl2N2O2S/c1-4-25-22(28)16(3)26(12-17-8-5-7-15(2)11-17)21(27)14-29-13-18-19(23)9-6-10-20(18)24/h5-11,16H,4,12-14H2,1-3H3,(H,25,28)/t16-/m0/s1. The molecule has 2 aromatic rings. The molecular weight excluding hydrogens is 427 g/mol. The van der Waals surface area contributed by atoms with Gasteiger partial charge < -0.3 is 10.2 Å². The van der Waals surface area contributed by atoms with E-state index >= 15 is 0 Å². The summed E-state index contributed by atoms with van der Waals surface area (Å²) in [5.74, 6) is 0.501. The molecule has 2 rings (SSSR count). The Morgan fingerprint density at radius 1 is 1.14 bits per heavy atom. The molecule has 0 bridgehead atoms. The first-order valence-electron chi connectivity index (χ1n) is 9.46. The van der Waals surface area contributed by atoms with Crippen molar-refractivity contribution in [1.29, 1.82) is 0 Å². The van der Waals surface area contributed by atoms with Crippen molar-refractivity contribution in [2.75, 3.05) is 12.3 Å². The summed E-state index contributed by atoms with van der Waals surface area (Å²) in [6.45, 7) is 6.53. The Kier molecular flexibility index (Phi) is 9.34. The largest absolute Gasteiger partial charge is 0.355 e. The quantitative estimate of drug-likeness (QED) is 0.576. The zero-order valence-electron chi connectivity index (χ0n) is 16.9. The number of carbonyl (C=O) groups excluding carboxylic acids is 2. The molecule has 0 fully saturated rings. The molecule has 1 N–H and O–H groups in total. The molecule has 1 atom stereocenters. The predicted molar refractivity (Wildman–Crippen MR) is 122 cm³/mol. The van der Waals surface area contributed by atoms with Crippen LogP contribution in [0.1, 0.15) is 30.5 Å². The van der Waals surface area contributed by atoms with Gasteiger partial charge in [-0.25, -0.2) is 0 Å². The molecule has 0 aliphatic heterocycles. The van der Waals surface area contributed by atoms with E-state index in [2.05, 4.69) is 5.32 Å². The van der Waals surface area contributed by atoms with Crippen molar-refractivity contribution in [3.05, 3.63) is 69.2 Å². The molecule has 156 valence electrons. The number of amides is 2. The van der Waals surface area contributed by atoms with Gasteiger partial charge in [0.1, 0.15) is 6.04 Å². The van der Waals surface area contributed by atoms with Gasteiger partial charge in [-0.3, -0.25) is 9.59 Å². The molecule has 0 saturated carbocycles. The number of halogens is 2. The van der Waals surface area contributed by atoms with E-state index in [1.165, 1.54) is 11.8 Å². The van der Waals surface area contributed by atoms with Crippen molar-refractivity contribution in [1.82, 2.24) is 10.2 Å². The minimum atomic E-state index is -0.563. The van der Waals surface area contributed by atoms with Crippen LogP contribution < -0.4 is 5.32 Å². The van der Waals surface area contributed by atoms with E-state index in [1.54, 1.807) is 30.0 Å². The van der Waals surface area contributed by atoms with Crippen molar-refractivity contribution in [2.24, 2.45) is 0 Å². The van der Waals surface area contributed by atoms with Crippen molar-refractivity contribution in [3.63, 3.8) is 0 Å². The summed E-state index contributed by atoms with van der Waals surface area (Å²) < 4.78 is 0. The van der Waals surface area contributed by atoms with E-state index < -0.39 is 6.04 Å². The number of rotatable bonds is 9. The number of likely N-dealkylation sites (N-methyl/N-ethyl adjacent to an activating group) is 1. The van der Waals surface area contributed by atoms with E-state index in [9.17, 15) is 9.59 Å².